The van der Waals surface area contributed by atoms with Crippen LogP contribution in [0.1, 0.15) is 0 Å². The predicted molar refractivity (Wildman–Crippen MR) is 50.5 cm³/mol. The molecule has 4 nitrogen and oxygen atoms in total. The van der Waals surface area contributed by atoms with Crippen LogP contribution in [0.15, 0.2) is 24.4 Å². The third-order valence-electron chi connectivity index (χ3n) is 1.88. The lowest BCUT2D eigenvalue weighted by Gasteiger charge is -2.02. The molecule has 0 bridgehead atoms. The normalized spacial score (nSPS) is 10.2. The minimum atomic E-state index is 0.615. The van der Waals surface area contributed by atoms with Gasteiger partial charge in [0.05, 0.1) is 24.5 Å². The van der Waals surface area contributed by atoms with E-state index in [1.807, 2.05) is 18.2 Å². The van der Waals surface area contributed by atoms with Crippen LogP contribution < -0.4 is 10.5 Å². The van der Waals surface area contributed by atoms with Gasteiger partial charge < -0.3 is 10.5 Å². The summed E-state index contributed by atoms with van der Waals surface area (Å²) in [6.07, 6.45) is 1.53. The molecule has 0 fully saturated rings. The molecule has 0 unspecified atom stereocenters. The minimum Gasteiger partial charge on any atom is -0.497 e. The molecule has 0 atom stereocenters. The Balaban J connectivity index is 2.74. The van der Waals surface area contributed by atoms with Gasteiger partial charge in [-0.05, 0) is 18.2 Å². The van der Waals surface area contributed by atoms with E-state index in [1.165, 1.54) is 6.20 Å². The Kier molecular flexibility index (Phi) is 1.73. The number of rotatable bonds is 1. The summed E-state index contributed by atoms with van der Waals surface area (Å²) < 4.78 is 5.07. The first-order valence-electron chi connectivity index (χ1n) is 3.86. The van der Waals surface area contributed by atoms with E-state index >= 15 is 0 Å². The van der Waals surface area contributed by atoms with Gasteiger partial charge in [0, 0.05) is 5.39 Å². The number of anilines is 1. The van der Waals surface area contributed by atoms with E-state index in [1.54, 1.807) is 7.11 Å². The van der Waals surface area contributed by atoms with E-state index in [0.717, 1.165) is 16.7 Å². The van der Waals surface area contributed by atoms with E-state index in [2.05, 4.69) is 10.2 Å². The molecule has 0 saturated heterocycles. The lowest BCUT2D eigenvalue weighted by molar-refractivity contribution is 0.415. The summed E-state index contributed by atoms with van der Waals surface area (Å²) in [5.74, 6) is 0.771. The first-order chi connectivity index (χ1) is 6.31. The van der Waals surface area contributed by atoms with E-state index < -0.39 is 0 Å². The van der Waals surface area contributed by atoms with Gasteiger partial charge in [-0.2, -0.15) is 10.2 Å². The summed E-state index contributed by atoms with van der Waals surface area (Å²) in [5.41, 5.74) is 7.11. The summed E-state index contributed by atoms with van der Waals surface area (Å²) in [7, 11) is 1.62. The van der Waals surface area contributed by atoms with Crippen molar-refractivity contribution in [2.75, 3.05) is 12.8 Å². The molecule has 1 heterocycles. The lowest BCUT2D eigenvalue weighted by Crippen LogP contribution is -1.92. The first-order valence-corrected chi connectivity index (χ1v) is 3.86. The third-order valence-corrected chi connectivity index (χ3v) is 1.88. The molecule has 0 spiro atoms. The second-order valence-corrected chi connectivity index (χ2v) is 2.68. The molecule has 0 saturated carbocycles. The van der Waals surface area contributed by atoms with Crippen molar-refractivity contribution in [3.05, 3.63) is 24.4 Å². The highest BCUT2D eigenvalue weighted by Gasteiger charge is 2.00. The number of nitrogens with two attached hydrogens (primary N) is 1. The summed E-state index contributed by atoms with van der Waals surface area (Å²) in [4.78, 5) is 0. The van der Waals surface area contributed by atoms with Crippen LogP contribution >= 0.6 is 0 Å². The van der Waals surface area contributed by atoms with Gasteiger partial charge in [-0.25, -0.2) is 0 Å². The highest BCUT2D eigenvalue weighted by molar-refractivity contribution is 5.90. The van der Waals surface area contributed by atoms with E-state index in [0.29, 0.717) is 5.69 Å². The molecule has 1 aromatic heterocycles. The Morgan fingerprint density at radius 3 is 3.00 bits per heavy atom. The number of benzene rings is 1. The van der Waals surface area contributed by atoms with Crippen LogP contribution in [0.4, 0.5) is 5.69 Å². The fraction of sp³-hybridized carbons (Fsp3) is 0.111. The monoisotopic (exact) mass is 175 g/mol. The Hall–Kier alpha value is -1.84. The van der Waals surface area contributed by atoms with Gasteiger partial charge in [0.25, 0.3) is 0 Å². The summed E-state index contributed by atoms with van der Waals surface area (Å²) in [5, 5.41) is 8.55. The zero-order valence-corrected chi connectivity index (χ0v) is 7.19. The number of aromatic nitrogens is 2. The predicted octanol–water partition coefficient (Wildman–Crippen LogP) is 1.22. The van der Waals surface area contributed by atoms with Gasteiger partial charge in [-0.15, -0.1) is 0 Å². The maximum atomic E-state index is 5.72. The van der Waals surface area contributed by atoms with E-state index in [4.69, 9.17) is 10.5 Å². The van der Waals surface area contributed by atoms with Crippen molar-refractivity contribution in [1.82, 2.24) is 10.2 Å². The Morgan fingerprint density at radius 2 is 2.23 bits per heavy atom. The van der Waals surface area contributed by atoms with Crippen LogP contribution in [-0.4, -0.2) is 17.3 Å². The SMILES string of the molecule is COc1ccc2nncc(N)c2c1. The van der Waals surface area contributed by atoms with Crippen LogP contribution in [0.5, 0.6) is 5.75 Å². The Morgan fingerprint density at radius 1 is 1.38 bits per heavy atom. The second kappa shape index (κ2) is 2.90. The molecule has 2 rings (SSSR count). The third kappa shape index (κ3) is 1.26. The average Bonchev–Trinajstić information content (AvgIpc) is 2.18. The summed E-state index contributed by atoms with van der Waals surface area (Å²) in [6.45, 7) is 0. The lowest BCUT2D eigenvalue weighted by atomic mass is 10.2. The molecule has 2 aromatic rings. The van der Waals surface area contributed by atoms with E-state index in [-0.39, 0.29) is 0 Å². The van der Waals surface area contributed by atoms with Crippen molar-refractivity contribution in [3.8, 4) is 5.75 Å². The number of fused-ring (bicyclic) bond motifs is 1. The van der Waals surface area contributed by atoms with Crippen molar-refractivity contribution in [1.29, 1.82) is 0 Å². The van der Waals surface area contributed by atoms with Gasteiger partial charge in [0.2, 0.25) is 0 Å². The number of methoxy groups -OCH3 is 1. The molecule has 0 aliphatic rings. The Labute approximate surface area is 75.3 Å². The Bertz CT molecular complexity index is 442. The highest BCUT2D eigenvalue weighted by atomic mass is 16.5. The molecule has 66 valence electrons. The molecule has 0 radical (unpaired) electrons. The zero-order chi connectivity index (χ0) is 9.26. The quantitative estimate of drug-likeness (QED) is 0.707. The van der Waals surface area contributed by atoms with Crippen molar-refractivity contribution in [2.24, 2.45) is 0 Å². The van der Waals surface area contributed by atoms with Gasteiger partial charge in [0.15, 0.2) is 0 Å². The van der Waals surface area contributed by atoms with Crippen molar-refractivity contribution in [3.63, 3.8) is 0 Å². The van der Waals surface area contributed by atoms with E-state index in [9.17, 15) is 0 Å². The van der Waals surface area contributed by atoms with Crippen molar-refractivity contribution >= 4 is 16.6 Å². The van der Waals surface area contributed by atoms with Crippen LogP contribution in [0.2, 0.25) is 0 Å². The number of nitrogen functional groups attached to an aromatic ring is 1. The molecule has 4 heteroatoms. The molecule has 2 N–H and O–H groups in total. The molecular formula is C9H9N3O. The summed E-state index contributed by atoms with van der Waals surface area (Å²) in [6, 6.07) is 5.51. The standard InChI is InChI=1S/C9H9N3O/c1-13-6-2-3-9-7(4-6)8(10)5-11-12-9/h2-5H,1H3,(H2,10,12). The highest BCUT2D eigenvalue weighted by Crippen LogP contribution is 2.22. The molecule has 0 amide bonds. The van der Waals surface area contributed by atoms with Gasteiger partial charge in [-0.3, -0.25) is 0 Å². The maximum Gasteiger partial charge on any atom is 0.119 e. The first kappa shape index (κ1) is 7.79. The largest absolute Gasteiger partial charge is 0.497 e. The van der Waals surface area contributed by atoms with Crippen molar-refractivity contribution < 1.29 is 4.74 Å². The number of nitrogens with zero attached hydrogens (tertiary/aromatic N) is 2. The molecule has 0 aliphatic heterocycles. The number of hydrogen-bond donors (Lipinski definition) is 1. The fourth-order valence-corrected chi connectivity index (χ4v) is 1.18. The topological polar surface area (TPSA) is 61.0 Å². The zero-order valence-electron chi connectivity index (χ0n) is 7.19. The fourth-order valence-electron chi connectivity index (χ4n) is 1.18. The number of hydrogen-bond acceptors (Lipinski definition) is 4. The molecule has 13 heavy (non-hydrogen) atoms. The molecule has 0 aliphatic carbocycles. The van der Waals surface area contributed by atoms with Gasteiger partial charge in [-0.1, -0.05) is 0 Å². The van der Waals surface area contributed by atoms with Crippen LogP contribution in [0.25, 0.3) is 10.9 Å². The smallest absolute Gasteiger partial charge is 0.119 e. The summed E-state index contributed by atoms with van der Waals surface area (Å²) >= 11 is 0. The van der Waals surface area contributed by atoms with Crippen molar-refractivity contribution in [2.45, 2.75) is 0 Å². The second-order valence-electron chi connectivity index (χ2n) is 2.68. The van der Waals surface area contributed by atoms with Crippen LogP contribution in [0.3, 0.4) is 0 Å². The number of ether oxygens (including phenoxy) is 1. The van der Waals surface area contributed by atoms with Gasteiger partial charge in [0.1, 0.15) is 5.75 Å². The van der Waals surface area contributed by atoms with Crippen LogP contribution in [0, 0.1) is 0 Å². The minimum absolute atomic E-state index is 0.615. The van der Waals surface area contributed by atoms with Gasteiger partial charge >= 0.3 is 0 Å². The van der Waals surface area contributed by atoms with Crippen LogP contribution in [-0.2, 0) is 0 Å². The molecular weight excluding hydrogens is 166 g/mol. The average molecular weight is 175 g/mol. The molecule has 1 aromatic carbocycles. The maximum absolute atomic E-state index is 5.72.